The van der Waals surface area contributed by atoms with Crippen molar-refractivity contribution in [2.24, 2.45) is 21.4 Å². The molecule has 3 aliphatic heterocycles. The number of allylic oxidation sites excluding steroid dienone is 1. The van der Waals surface area contributed by atoms with Crippen molar-refractivity contribution >= 4 is 81.6 Å². The Hall–Kier alpha value is -4.04. The smallest absolute Gasteiger partial charge is 0.264 e. The van der Waals surface area contributed by atoms with Gasteiger partial charge in [-0.05, 0) is 66.3 Å². The van der Waals surface area contributed by atoms with E-state index in [0.29, 0.717) is 44.7 Å². The molecule has 2 fully saturated rings. The molecule has 1 saturated heterocycles. The standard InChI is InChI=1S/C32H20Cl4F4N6O3/c33-15-5-4-13(19(35)9-15)8-14-2-1-3-18-26(14)42-46(28(18)17-7-6-16(34)10-20(17)36)23(47)12-44-30-27(41-43-44)31(48)45(32(30)49)29-24(39)21(37)11-22(38)25(29)40/h4-11,18,27-28,30H,1-3,12H2/b14-8+/t18-,27+,28+,30-/m0/s1. The molecule has 0 N–H and O–H groups in total. The van der Waals surface area contributed by atoms with E-state index in [4.69, 9.17) is 51.5 Å². The predicted octanol–water partition coefficient (Wildman–Crippen LogP) is 7.97. The first kappa shape index (κ1) is 33.5. The van der Waals surface area contributed by atoms with Gasteiger partial charge in [-0.25, -0.2) is 27.5 Å². The van der Waals surface area contributed by atoms with Crippen molar-refractivity contribution in [3.63, 3.8) is 0 Å². The lowest BCUT2D eigenvalue weighted by Crippen LogP contribution is -2.45. The zero-order valence-corrected chi connectivity index (χ0v) is 27.7. The summed E-state index contributed by atoms with van der Waals surface area (Å²) in [5.41, 5.74) is 1.16. The average Bonchev–Trinajstić information content (AvgIpc) is 3.72. The fourth-order valence-electron chi connectivity index (χ4n) is 6.61. The zero-order chi connectivity index (χ0) is 34.9. The topological polar surface area (TPSA) is 98.0 Å². The molecule has 3 aromatic rings. The molecule has 3 aromatic carbocycles. The van der Waals surface area contributed by atoms with Gasteiger partial charge in [-0.1, -0.05) is 63.8 Å². The Bertz CT molecular complexity index is 2040. The predicted molar refractivity (Wildman–Crippen MR) is 173 cm³/mol. The number of hydrazone groups is 1. The molecule has 3 amide bonds. The van der Waals surface area contributed by atoms with E-state index in [0.717, 1.165) is 17.0 Å². The van der Waals surface area contributed by atoms with Crippen LogP contribution in [-0.4, -0.2) is 52.1 Å². The molecule has 7 rings (SSSR count). The second-order valence-electron chi connectivity index (χ2n) is 11.7. The highest BCUT2D eigenvalue weighted by Crippen LogP contribution is 2.47. The van der Waals surface area contributed by atoms with E-state index < -0.39 is 71.3 Å². The van der Waals surface area contributed by atoms with Crippen LogP contribution in [0.4, 0.5) is 23.2 Å². The van der Waals surface area contributed by atoms with Crippen molar-refractivity contribution in [1.82, 2.24) is 10.0 Å². The van der Waals surface area contributed by atoms with Crippen molar-refractivity contribution in [1.29, 1.82) is 0 Å². The minimum atomic E-state index is -1.94. The van der Waals surface area contributed by atoms with Gasteiger partial charge in [0.05, 0.1) is 11.8 Å². The van der Waals surface area contributed by atoms with Gasteiger partial charge in [-0.3, -0.25) is 19.4 Å². The molecular weight excluding hydrogens is 734 g/mol. The zero-order valence-electron chi connectivity index (χ0n) is 24.7. The summed E-state index contributed by atoms with van der Waals surface area (Å²) in [6.45, 7) is -0.659. The van der Waals surface area contributed by atoms with Crippen molar-refractivity contribution in [3.05, 3.63) is 103 Å². The van der Waals surface area contributed by atoms with Crippen LogP contribution in [0.2, 0.25) is 20.1 Å². The second-order valence-corrected chi connectivity index (χ2v) is 13.4. The van der Waals surface area contributed by atoms with Crippen molar-refractivity contribution in [2.75, 3.05) is 11.4 Å². The Morgan fingerprint density at radius 1 is 0.878 bits per heavy atom. The van der Waals surface area contributed by atoms with Crippen molar-refractivity contribution < 1.29 is 31.9 Å². The lowest BCUT2D eigenvalue weighted by atomic mass is 9.77. The number of benzene rings is 3. The number of carbonyl (C=O) groups is 3. The number of anilines is 1. The summed E-state index contributed by atoms with van der Waals surface area (Å²) in [6, 6.07) is 5.91. The number of hydrogen-bond donors (Lipinski definition) is 0. The molecule has 252 valence electrons. The van der Waals surface area contributed by atoms with Gasteiger partial charge in [0.2, 0.25) is 0 Å². The number of amides is 3. The van der Waals surface area contributed by atoms with E-state index in [-0.39, 0.29) is 21.9 Å². The van der Waals surface area contributed by atoms with Gasteiger partial charge >= 0.3 is 0 Å². The van der Waals surface area contributed by atoms with E-state index in [9.17, 15) is 31.9 Å². The van der Waals surface area contributed by atoms with Crippen LogP contribution in [-0.2, 0) is 14.4 Å². The van der Waals surface area contributed by atoms with Gasteiger partial charge < -0.3 is 0 Å². The molecule has 4 aliphatic rings. The third kappa shape index (κ3) is 5.66. The van der Waals surface area contributed by atoms with Crippen LogP contribution in [0.1, 0.15) is 36.4 Å². The van der Waals surface area contributed by atoms with Gasteiger partial charge in [0.15, 0.2) is 35.4 Å². The van der Waals surface area contributed by atoms with Crippen molar-refractivity contribution in [3.8, 4) is 0 Å². The van der Waals surface area contributed by atoms with Crippen LogP contribution in [0, 0.1) is 29.2 Å². The summed E-state index contributed by atoms with van der Waals surface area (Å²) in [5, 5.41) is 16.0. The Balaban J connectivity index is 1.22. The summed E-state index contributed by atoms with van der Waals surface area (Å²) >= 11 is 25.4. The molecule has 0 aromatic heterocycles. The summed E-state index contributed by atoms with van der Waals surface area (Å²) in [4.78, 5) is 40.6. The van der Waals surface area contributed by atoms with Crippen LogP contribution in [0.3, 0.4) is 0 Å². The summed E-state index contributed by atoms with van der Waals surface area (Å²) in [6.07, 6.45) is 3.88. The number of rotatable bonds is 5. The molecule has 4 atom stereocenters. The van der Waals surface area contributed by atoms with E-state index in [1.807, 2.05) is 6.08 Å². The lowest BCUT2D eigenvalue weighted by Gasteiger charge is -2.31. The minimum Gasteiger partial charge on any atom is -0.271 e. The molecule has 1 saturated carbocycles. The maximum Gasteiger partial charge on any atom is 0.264 e. The quantitative estimate of drug-likeness (QED) is 0.150. The molecule has 49 heavy (non-hydrogen) atoms. The highest BCUT2D eigenvalue weighted by Gasteiger charge is 2.57. The Labute approximate surface area is 295 Å². The number of carbonyl (C=O) groups excluding carboxylic acids is 3. The number of nitrogens with zero attached hydrogens (tertiary/aromatic N) is 6. The van der Waals surface area contributed by atoms with Crippen LogP contribution in [0.25, 0.3) is 6.08 Å². The molecule has 0 unspecified atom stereocenters. The summed E-state index contributed by atoms with van der Waals surface area (Å²) in [7, 11) is 0. The van der Waals surface area contributed by atoms with E-state index in [1.54, 1.807) is 30.3 Å². The van der Waals surface area contributed by atoms with Crippen LogP contribution in [0.15, 0.2) is 63.5 Å². The summed E-state index contributed by atoms with van der Waals surface area (Å²) < 4.78 is 57.3. The maximum absolute atomic E-state index is 14.6. The molecular formula is C32H20Cl4F4N6O3. The largest absolute Gasteiger partial charge is 0.271 e. The fraction of sp³-hybridized carbons (Fsp3) is 0.250. The summed E-state index contributed by atoms with van der Waals surface area (Å²) in [5.74, 6) is -11.1. The molecule has 0 bridgehead atoms. The molecule has 9 nitrogen and oxygen atoms in total. The number of fused-ring (bicyclic) bond motifs is 2. The van der Waals surface area contributed by atoms with Crippen molar-refractivity contribution in [2.45, 2.75) is 37.4 Å². The highest BCUT2D eigenvalue weighted by atomic mass is 35.5. The Morgan fingerprint density at radius 3 is 2.22 bits per heavy atom. The minimum absolute atomic E-state index is 0.0122. The first-order chi connectivity index (χ1) is 23.3. The fourth-order valence-corrected chi connectivity index (χ4v) is 7.59. The van der Waals surface area contributed by atoms with Crippen LogP contribution in [0.5, 0.6) is 0 Å². The van der Waals surface area contributed by atoms with Crippen LogP contribution >= 0.6 is 46.4 Å². The third-order valence-electron chi connectivity index (χ3n) is 8.80. The van der Waals surface area contributed by atoms with Gasteiger partial charge in [-0.15, -0.1) is 0 Å². The Morgan fingerprint density at radius 2 is 1.55 bits per heavy atom. The number of hydrogen-bond acceptors (Lipinski definition) is 7. The van der Waals surface area contributed by atoms with Gasteiger partial charge in [-0.2, -0.15) is 10.2 Å². The first-order valence-corrected chi connectivity index (χ1v) is 16.3. The lowest BCUT2D eigenvalue weighted by molar-refractivity contribution is -0.136. The SMILES string of the molecule is O=C1[C@@H]2[C@@H](N=NN2CC(=O)N2N=C3/C(=C/c4ccc(Cl)cc4Cl)CCC[C@@H]3[C@H]2c2ccc(Cl)cc2Cl)C(=O)N1c1c(F)c(F)cc(F)c1F. The number of halogens is 8. The average molecular weight is 754 g/mol. The third-order valence-corrected chi connectivity index (χ3v) is 9.92. The van der Waals surface area contributed by atoms with Gasteiger partial charge in [0, 0.05) is 32.1 Å². The van der Waals surface area contributed by atoms with Gasteiger partial charge in [0.25, 0.3) is 17.7 Å². The van der Waals surface area contributed by atoms with Gasteiger partial charge in [0.1, 0.15) is 12.2 Å². The number of imide groups is 1. The molecule has 3 heterocycles. The normalized spacial score (nSPS) is 23.9. The van der Waals surface area contributed by atoms with Crippen LogP contribution < -0.4 is 4.90 Å². The monoisotopic (exact) mass is 752 g/mol. The first-order valence-electron chi connectivity index (χ1n) is 14.8. The Kier molecular flexibility index (Phi) is 8.66. The second kappa shape index (κ2) is 12.7. The molecule has 0 spiro atoms. The molecule has 0 radical (unpaired) electrons. The highest BCUT2D eigenvalue weighted by molar-refractivity contribution is 6.36. The van der Waals surface area contributed by atoms with E-state index >= 15 is 0 Å². The molecule has 17 heteroatoms. The maximum atomic E-state index is 14.6. The van der Waals surface area contributed by atoms with E-state index in [2.05, 4.69) is 10.3 Å². The molecule has 1 aliphatic carbocycles. The van der Waals surface area contributed by atoms with E-state index in [1.165, 1.54) is 11.1 Å².